The van der Waals surface area contributed by atoms with Crippen molar-refractivity contribution in [2.45, 2.75) is 20.3 Å². The van der Waals surface area contributed by atoms with E-state index in [0.29, 0.717) is 24.3 Å². The Morgan fingerprint density at radius 2 is 2.11 bits per heavy atom. The Labute approximate surface area is 112 Å². The fourth-order valence-corrected chi connectivity index (χ4v) is 1.81. The molecule has 0 radical (unpaired) electrons. The summed E-state index contributed by atoms with van der Waals surface area (Å²) >= 11 is 0. The summed E-state index contributed by atoms with van der Waals surface area (Å²) in [5.74, 6) is -0.201. The number of carbonyl (C=O) groups excluding carboxylic acids is 1. The van der Waals surface area contributed by atoms with Crippen molar-refractivity contribution in [2.75, 3.05) is 25.5 Å². The number of benzene rings is 1. The number of rotatable bonds is 6. The molecule has 0 spiro atoms. The van der Waals surface area contributed by atoms with Crippen LogP contribution in [0.25, 0.3) is 0 Å². The van der Waals surface area contributed by atoms with Crippen molar-refractivity contribution in [3.05, 3.63) is 33.9 Å². The second kappa shape index (κ2) is 6.72. The van der Waals surface area contributed by atoms with Gasteiger partial charge in [-0.1, -0.05) is 6.92 Å². The minimum atomic E-state index is -0.478. The minimum Gasteiger partial charge on any atom is -0.380 e. The molecular weight excluding hydrogens is 246 g/mol. The van der Waals surface area contributed by atoms with Crippen molar-refractivity contribution < 1.29 is 9.72 Å². The van der Waals surface area contributed by atoms with Crippen LogP contribution in [-0.2, 0) is 0 Å². The smallest absolute Gasteiger partial charge is 0.293 e. The number of hydrogen-bond donors (Lipinski definition) is 1. The number of amides is 1. The Balaban J connectivity index is 3.07. The van der Waals surface area contributed by atoms with Crippen LogP contribution in [0.15, 0.2) is 18.2 Å². The maximum Gasteiger partial charge on any atom is 0.293 e. The number of anilines is 1. The zero-order chi connectivity index (χ0) is 14.4. The van der Waals surface area contributed by atoms with Crippen molar-refractivity contribution in [1.82, 2.24) is 4.90 Å². The third kappa shape index (κ3) is 3.67. The molecule has 0 unspecified atom stereocenters. The summed E-state index contributed by atoms with van der Waals surface area (Å²) in [7, 11) is 1.69. The first-order valence-electron chi connectivity index (χ1n) is 6.29. The number of nitro groups is 1. The van der Waals surface area contributed by atoms with Crippen LogP contribution in [0.2, 0.25) is 0 Å². The summed E-state index contributed by atoms with van der Waals surface area (Å²) in [6.45, 7) is 5.05. The number of nitro benzene ring substituents is 1. The van der Waals surface area contributed by atoms with Gasteiger partial charge >= 0.3 is 0 Å². The average molecular weight is 265 g/mol. The highest BCUT2D eigenvalue weighted by Crippen LogP contribution is 2.25. The summed E-state index contributed by atoms with van der Waals surface area (Å²) in [5, 5.41) is 13.9. The highest BCUT2D eigenvalue weighted by atomic mass is 16.6. The lowest BCUT2D eigenvalue weighted by Crippen LogP contribution is -2.27. The van der Waals surface area contributed by atoms with Gasteiger partial charge in [-0.15, -0.1) is 0 Å². The van der Waals surface area contributed by atoms with Gasteiger partial charge in [0.2, 0.25) is 0 Å². The zero-order valence-electron chi connectivity index (χ0n) is 11.5. The monoisotopic (exact) mass is 265 g/mol. The van der Waals surface area contributed by atoms with Gasteiger partial charge in [0.05, 0.1) is 4.92 Å². The predicted molar refractivity (Wildman–Crippen MR) is 74.5 cm³/mol. The molecule has 0 saturated heterocycles. The second-order valence-electron chi connectivity index (χ2n) is 4.25. The number of carbonyl (C=O) groups is 1. The molecule has 1 aromatic rings. The molecule has 0 saturated carbocycles. The summed E-state index contributed by atoms with van der Waals surface area (Å²) in [4.78, 5) is 24.2. The summed E-state index contributed by atoms with van der Waals surface area (Å²) in [5.41, 5.74) is 0.698. The second-order valence-corrected chi connectivity index (χ2v) is 4.25. The van der Waals surface area contributed by atoms with Gasteiger partial charge in [-0.05, 0) is 25.5 Å². The number of nitrogens with zero attached hydrogens (tertiary/aromatic N) is 2. The van der Waals surface area contributed by atoms with Crippen LogP contribution in [-0.4, -0.2) is 35.9 Å². The normalized spacial score (nSPS) is 10.1. The summed E-state index contributed by atoms with van der Waals surface area (Å²) in [6.07, 6.45) is 0.847. The first-order valence-corrected chi connectivity index (χ1v) is 6.29. The lowest BCUT2D eigenvalue weighted by atomic mass is 10.1. The van der Waals surface area contributed by atoms with Crippen molar-refractivity contribution in [3.8, 4) is 0 Å². The summed E-state index contributed by atoms with van der Waals surface area (Å²) < 4.78 is 0. The molecule has 1 rings (SSSR count). The van der Waals surface area contributed by atoms with E-state index in [9.17, 15) is 14.9 Å². The van der Waals surface area contributed by atoms with Crippen LogP contribution in [0.3, 0.4) is 0 Å². The molecule has 0 fully saturated rings. The van der Waals surface area contributed by atoms with Crippen LogP contribution in [0, 0.1) is 10.1 Å². The highest BCUT2D eigenvalue weighted by Gasteiger charge is 2.18. The van der Waals surface area contributed by atoms with Gasteiger partial charge in [0, 0.05) is 31.8 Å². The van der Waals surface area contributed by atoms with Gasteiger partial charge in [-0.2, -0.15) is 0 Å². The van der Waals surface area contributed by atoms with Crippen LogP contribution in [0.1, 0.15) is 30.6 Å². The predicted octanol–water partition coefficient (Wildman–Crippen LogP) is 2.51. The molecule has 0 aliphatic rings. The Kier molecular flexibility index (Phi) is 5.29. The quantitative estimate of drug-likeness (QED) is 0.633. The van der Waals surface area contributed by atoms with Gasteiger partial charge in [-0.3, -0.25) is 14.9 Å². The summed E-state index contributed by atoms with van der Waals surface area (Å²) in [6, 6.07) is 4.51. The molecule has 0 heterocycles. The third-order valence-corrected chi connectivity index (χ3v) is 2.71. The maximum absolute atomic E-state index is 12.1. The number of nitrogens with one attached hydrogen (secondary N) is 1. The molecule has 1 amide bonds. The molecular formula is C13H19N3O3. The van der Waals surface area contributed by atoms with Gasteiger partial charge < -0.3 is 10.2 Å². The molecule has 0 aliphatic heterocycles. The standard InChI is InChI=1S/C13H19N3O3/c1-4-8-15(3)13(17)10-6-7-11(14-5-2)12(9-10)16(18)19/h6-7,9,14H,4-5,8H2,1-3H3. The first kappa shape index (κ1) is 14.9. The minimum absolute atomic E-state index is 0.0717. The maximum atomic E-state index is 12.1. The van der Waals surface area contributed by atoms with E-state index in [1.165, 1.54) is 6.07 Å². The first-order chi connectivity index (χ1) is 9.01. The van der Waals surface area contributed by atoms with Crippen molar-refractivity contribution in [1.29, 1.82) is 0 Å². The van der Waals surface area contributed by atoms with Gasteiger partial charge in [0.1, 0.15) is 5.69 Å². The molecule has 0 bridgehead atoms. The van der Waals surface area contributed by atoms with Crippen molar-refractivity contribution >= 4 is 17.3 Å². The van der Waals surface area contributed by atoms with Crippen molar-refractivity contribution in [3.63, 3.8) is 0 Å². The molecule has 6 nitrogen and oxygen atoms in total. The Morgan fingerprint density at radius 3 is 2.63 bits per heavy atom. The van der Waals surface area contributed by atoms with E-state index in [2.05, 4.69) is 5.32 Å². The zero-order valence-corrected chi connectivity index (χ0v) is 11.5. The Bertz CT molecular complexity index is 474. The van der Waals surface area contributed by atoms with E-state index in [1.807, 2.05) is 13.8 Å². The Hall–Kier alpha value is -2.11. The molecule has 6 heteroatoms. The SMILES string of the molecule is CCCN(C)C(=O)c1ccc(NCC)c([N+](=O)[O-])c1. The van der Waals surface area contributed by atoms with E-state index >= 15 is 0 Å². The lowest BCUT2D eigenvalue weighted by Gasteiger charge is -2.16. The van der Waals surface area contributed by atoms with Gasteiger partial charge in [0.25, 0.3) is 11.6 Å². The van der Waals surface area contributed by atoms with Gasteiger partial charge in [-0.25, -0.2) is 0 Å². The molecule has 104 valence electrons. The van der Waals surface area contributed by atoms with Crippen molar-refractivity contribution in [2.24, 2.45) is 0 Å². The number of hydrogen-bond acceptors (Lipinski definition) is 4. The van der Waals surface area contributed by atoms with Crippen LogP contribution < -0.4 is 5.32 Å². The van der Waals surface area contributed by atoms with Crippen LogP contribution >= 0.6 is 0 Å². The highest BCUT2D eigenvalue weighted by molar-refractivity contribution is 5.95. The molecule has 0 aliphatic carbocycles. The largest absolute Gasteiger partial charge is 0.380 e. The van der Waals surface area contributed by atoms with E-state index in [0.717, 1.165) is 6.42 Å². The van der Waals surface area contributed by atoms with E-state index in [-0.39, 0.29) is 11.6 Å². The van der Waals surface area contributed by atoms with E-state index < -0.39 is 4.92 Å². The molecule has 1 aromatic carbocycles. The molecule has 19 heavy (non-hydrogen) atoms. The fraction of sp³-hybridized carbons (Fsp3) is 0.462. The topological polar surface area (TPSA) is 75.5 Å². The fourth-order valence-electron chi connectivity index (χ4n) is 1.81. The van der Waals surface area contributed by atoms with E-state index in [1.54, 1.807) is 24.1 Å². The Morgan fingerprint density at radius 1 is 1.42 bits per heavy atom. The molecule has 0 atom stereocenters. The lowest BCUT2D eigenvalue weighted by molar-refractivity contribution is -0.384. The molecule has 0 aromatic heterocycles. The average Bonchev–Trinajstić information content (AvgIpc) is 2.38. The van der Waals surface area contributed by atoms with Crippen LogP contribution in [0.4, 0.5) is 11.4 Å². The van der Waals surface area contributed by atoms with E-state index in [4.69, 9.17) is 0 Å². The van der Waals surface area contributed by atoms with Gasteiger partial charge in [0.15, 0.2) is 0 Å². The molecule has 1 N–H and O–H groups in total. The van der Waals surface area contributed by atoms with Crippen LogP contribution in [0.5, 0.6) is 0 Å². The third-order valence-electron chi connectivity index (χ3n) is 2.71.